The quantitative estimate of drug-likeness (QED) is 0.790. The first-order chi connectivity index (χ1) is 9.69. The lowest BCUT2D eigenvalue weighted by Gasteiger charge is -2.05. The molecule has 0 saturated heterocycles. The number of fused-ring (bicyclic) bond motifs is 1. The highest BCUT2D eigenvalue weighted by molar-refractivity contribution is 5.67. The average Bonchev–Trinajstić information content (AvgIpc) is 2.79. The van der Waals surface area contributed by atoms with E-state index in [0.29, 0.717) is 6.54 Å². The third-order valence-electron chi connectivity index (χ3n) is 3.57. The van der Waals surface area contributed by atoms with Crippen LogP contribution in [0.2, 0.25) is 0 Å². The molecule has 0 aliphatic carbocycles. The van der Waals surface area contributed by atoms with Crippen molar-refractivity contribution in [2.24, 2.45) is 5.73 Å². The molecule has 3 rings (SSSR count). The molecule has 102 valence electrons. The van der Waals surface area contributed by atoms with E-state index in [4.69, 9.17) is 10.7 Å². The number of nitrogens with zero attached hydrogens (tertiary/aromatic N) is 2. The van der Waals surface area contributed by atoms with Crippen LogP contribution < -0.4 is 5.73 Å². The first-order valence-electron chi connectivity index (χ1n) is 6.94. The van der Waals surface area contributed by atoms with Gasteiger partial charge in [-0.1, -0.05) is 35.9 Å². The fourth-order valence-corrected chi connectivity index (χ4v) is 2.52. The topological polar surface area (TPSA) is 43.3 Å². The maximum absolute atomic E-state index is 5.78. The van der Waals surface area contributed by atoms with Crippen LogP contribution in [0.5, 0.6) is 0 Å². The fourth-order valence-electron chi connectivity index (χ4n) is 2.52. The van der Waals surface area contributed by atoms with E-state index in [1.165, 1.54) is 16.8 Å². The summed E-state index contributed by atoms with van der Waals surface area (Å²) in [5, 5.41) is 0. The second-order valence-electron chi connectivity index (χ2n) is 5.25. The van der Waals surface area contributed by atoms with Crippen molar-refractivity contribution in [2.75, 3.05) is 6.54 Å². The summed E-state index contributed by atoms with van der Waals surface area (Å²) >= 11 is 0. The third-order valence-corrected chi connectivity index (χ3v) is 3.57. The first kappa shape index (κ1) is 12.9. The van der Waals surface area contributed by atoms with Gasteiger partial charge in [0.05, 0.1) is 11.4 Å². The summed E-state index contributed by atoms with van der Waals surface area (Å²) in [7, 11) is 0. The molecule has 0 radical (unpaired) electrons. The standard InChI is InChI=1S/C17H19N3/c1-12-3-6-14(7-4-12)17-15(9-10-18)20-11-13(2)5-8-16(20)19-17/h3-8,11H,9-10,18H2,1-2H3. The van der Waals surface area contributed by atoms with E-state index in [9.17, 15) is 0 Å². The first-order valence-corrected chi connectivity index (χ1v) is 6.94. The second kappa shape index (κ2) is 5.10. The summed E-state index contributed by atoms with van der Waals surface area (Å²) < 4.78 is 2.16. The Morgan fingerprint density at radius 3 is 2.40 bits per heavy atom. The third kappa shape index (κ3) is 2.21. The Balaban J connectivity index is 2.23. The van der Waals surface area contributed by atoms with E-state index in [1.807, 2.05) is 0 Å². The molecule has 3 aromatic rings. The normalized spacial score (nSPS) is 11.2. The molecule has 0 atom stereocenters. The predicted molar refractivity (Wildman–Crippen MR) is 82.9 cm³/mol. The molecule has 0 fully saturated rings. The summed E-state index contributed by atoms with van der Waals surface area (Å²) in [5.41, 5.74) is 12.6. The molecular formula is C17H19N3. The Bertz CT molecular complexity index is 739. The lowest BCUT2D eigenvalue weighted by Crippen LogP contribution is -2.06. The molecule has 0 saturated carbocycles. The lowest BCUT2D eigenvalue weighted by atomic mass is 10.1. The van der Waals surface area contributed by atoms with Crippen molar-refractivity contribution in [3.05, 3.63) is 59.4 Å². The Morgan fingerprint density at radius 2 is 1.70 bits per heavy atom. The molecule has 2 N–H and O–H groups in total. The molecule has 2 heterocycles. The van der Waals surface area contributed by atoms with E-state index < -0.39 is 0 Å². The van der Waals surface area contributed by atoms with E-state index in [0.717, 1.165) is 23.3 Å². The number of aryl methyl sites for hydroxylation is 2. The van der Waals surface area contributed by atoms with Crippen molar-refractivity contribution in [2.45, 2.75) is 20.3 Å². The van der Waals surface area contributed by atoms with E-state index in [1.54, 1.807) is 0 Å². The molecule has 2 aromatic heterocycles. The van der Waals surface area contributed by atoms with Gasteiger partial charge in [0.1, 0.15) is 5.65 Å². The zero-order valence-corrected chi connectivity index (χ0v) is 11.9. The summed E-state index contributed by atoms with van der Waals surface area (Å²) in [6.07, 6.45) is 2.96. The van der Waals surface area contributed by atoms with Crippen LogP contribution in [0.15, 0.2) is 42.6 Å². The Kier molecular flexibility index (Phi) is 3.28. The van der Waals surface area contributed by atoms with Crippen molar-refractivity contribution in [3.8, 4) is 11.3 Å². The smallest absolute Gasteiger partial charge is 0.137 e. The van der Waals surface area contributed by atoms with Gasteiger partial charge in [-0.15, -0.1) is 0 Å². The van der Waals surface area contributed by atoms with Crippen molar-refractivity contribution < 1.29 is 0 Å². The number of rotatable bonds is 3. The molecule has 0 spiro atoms. The number of benzene rings is 1. The second-order valence-corrected chi connectivity index (χ2v) is 5.25. The zero-order chi connectivity index (χ0) is 14.1. The maximum atomic E-state index is 5.78. The Morgan fingerprint density at radius 1 is 1.00 bits per heavy atom. The molecule has 1 aromatic carbocycles. The molecule has 0 unspecified atom stereocenters. The van der Waals surface area contributed by atoms with Gasteiger partial charge in [0.15, 0.2) is 0 Å². The van der Waals surface area contributed by atoms with Gasteiger partial charge in [-0.3, -0.25) is 0 Å². The monoisotopic (exact) mass is 265 g/mol. The van der Waals surface area contributed by atoms with Crippen LogP contribution in [0.1, 0.15) is 16.8 Å². The maximum Gasteiger partial charge on any atom is 0.137 e. The van der Waals surface area contributed by atoms with Gasteiger partial charge >= 0.3 is 0 Å². The highest BCUT2D eigenvalue weighted by Crippen LogP contribution is 2.25. The van der Waals surface area contributed by atoms with Crippen molar-refractivity contribution in [1.82, 2.24) is 9.38 Å². The highest BCUT2D eigenvalue weighted by atomic mass is 15.0. The molecule has 0 aliphatic rings. The van der Waals surface area contributed by atoms with Gasteiger partial charge in [0.25, 0.3) is 0 Å². The van der Waals surface area contributed by atoms with Gasteiger partial charge in [0.2, 0.25) is 0 Å². The molecule has 20 heavy (non-hydrogen) atoms. The number of aromatic nitrogens is 2. The minimum absolute atomic E-state index is 0.626. The number of hydrogen-bond acceptors (Lipinski definition) is 2. The number of pyridine rings is 1. The molecule has 0 amide bonds. The van der Waals surface area contributed by atoms with Gasteiger partial charge < -0.3 is 10.1 Å². The van der Waals surface area contributed by atoms with Crippen LogP contribution in [0.25, 0.3) is 16.9 Å². The number of imidazole rings is 1. The van der Waals surface area contributed by atoms with E-state index >= 15 is 0 Å². The SMILES string of the molecule is Cc1ccc(-c2nc3ccc(C)cn3c2CCN)cc1. The van der Waals surface area contributed by atoms with Crippen LogP contribution >= 0.6 is 0 Å². The Hall–Kier alpha value is -2.13. The predicted octanol–water partition coefficient (Wildman–Crippen LogP) is 3.12. The summed E-state index contributed by atoms with van der Waals surface area (Å²) in [6, 6.07) is 12.7. The fraction of sp³-hybridized carbons (Fsp3) is 0.235. The largest absolute Gasteiger partial charge is 0.330 e. The van der Waals surface area contributed by atoms with Crippen LogP contribution in [-0.2, 0) is 6.42 Å². The van der Waals surface area contributed by atoms with Crippen LogP contribution in [0, 0.1) is 13.8 Å². The van der Waals surface area contributed by atoms with Crippen LogP contribution in [-0.4, -0.2) is 15.9 Å². The highest BCUT2D eigenvalue weighted by Gasteiger charge is 2.13. The molecule has 0 bridgehead atoms. The molecule has 0 aliphatic heterocycles. The average molecular weight is 265 g/mol. The molecule has 3 nitrogen and oxygen atoms in total. The molecule has 3 heteroatoms. The molecular weight excluding hydrogens is 246 g/mol. The number of nitrogens with two attached hydrogens (primary N) is 1. The lowest BCUT2D eigenvalue weighted by molar-refractivity contribution is 0.904. The van der Waals surface area contributed by atoms with Gasteiger partial charge in [0, 0.05) is 18.2 Å². The minimum Gasteiger partial charge on any atom is -0.330 e. The van der Waals surface area contributed by atoms with Crippen LogP contribution in [0.4, 0.5) is 0 Å². The van der Waals surface area contributed by atoms with Crippen molar-refractivity contribution >= 4 is 5.65 Å². The van der Waals surface area contributed by atoms with Gasteiger partial charge in [-0.05, 0) is 32.0 Å². The summed E-state index contributed by atoms with van der Waals surface area (Å²) in [5.74, 6) is 0. The summed E-state index contributed by atoms with van der Waals surface area (Å²) in [4.78, 5) is 4.78. The van der Waals surface area contributed by atoms with Crippen LogP contribution in [0.3, 0.4) is 0 Å². The van der Waals surface area contributed by atoms with Crippen molar-refractivity contribution in [3.63, 3.8) is 0 Å². The Labute approximate surface area is 119 Å². The van der Waals surface area contributed by atoms with E-state index in [2.05, 4.69) is 60.8 Å². The summed E-state index contributed by atoms with van der Waals surface area (Å²) in [6.45, 7) is 4.81. The zero-order valence-electron chi connectivity index (χ0n) is 11.9. The minimum atomic E-state index is 0.626. The number of hydrogen-bond donors (Lipinski definition) is 1. The van der Waals surface area contributed by atoms with Gasteiger partial charge in [-0.2, -0.15) is 0 Å². The van der Waals surface area contributed by atoms with E-state index in [-0.39, 0.29) is 0 Å². The van der Waals surface area contributed by atoms with Gasteiger partial charge in [-0.25, -0.2) is 4.98 Å². The van der Waals surface area contributed by atoms with Crippen molar-refractivity contribution in [1.29, 1.82) is 0 Å².